The molecular formula is C19H18ClN3OS. The van der Waals surface area contributed by atoms with Gasteiger partial charge in [-0.1, -0.05) is 23.7 Å². The quantitative estimate of drug-likeness (QED) is 0.491. The zero-order valence-corrected chi connectivity index (χ0v) is 15.1. The molecule has 128 valence electrons. The molecule has 1 N–H and O–H groups in total. The van der Waals surface area contributed by atoms with E-state index >= 15 is 0 Å². The number of rotatable bonds is 7. The van der Waals surface area contributed by atoms with E-state index in [-0.39, 0.29) is 5.91 Å². The fourth-order valence-electron chi connectivity index (χ4n) is 2.32. The first-order valence-electron chi connectivity index (χ1n) is 7.98. The monoisotopic (exact) mass is 371 g/mol. The van der Waals surface area contributed by atoms with Crippen LogP contribution in [0.15, 0.2) is 61.2 Å². The third kappa shape index (κ3) is 5.31. The Labute approximate surface area is 155 Å². The van der Waals surface area contributed by atoms with Gasteiger partial charge in [0.1, 0.15) is 0 Å². The highest BCUT2D eigenvalue weighted by Gasteiger charge is 2.02. The zero-order chi connectivity index (χ0) is 17.5. The van der Waals surface area contributed by atoms with E-state index in [9.17, 15) is 4.79 Å². The van der Waals surface area contributed by atoms with Crippen LogP contribution >= 0.6 is 22.9 Å². The summed E-state index contributed by atoms with van der Waals surface area (Å²) in [6, 6.07) is 11.8. The Morgan fingerprint density at radius 1 is 1.24 bits per heavy atom. The third-order valence-electron chi connectivity index (χ3n) is 3.61. The number of aromatic nitrogens is 2. The van der Waals surface area contributed by atoms with Crippen molar-refractivity contribution < 1.29 is 4.79 Å². The molecule has 0 fully saturated rings. The van der Waals surface area contributed by atoms with Crippen molar-refractivity contribution in [3.63, 3.8) is 0 Å². The van der Waals surface area contributed by atoms with Gasteiger partial charge in [0, 0.05) is 46.3 Å². The number of halogens is 1. The molecule has 6 heteroatoms. The van der Waals surface area contributed by atoms with Crippen LogP contribution in [0.25, 0.3) is 16.5 Å². The average Bonchev–Trinajstić information content (AvgIpc) is 3.29. The summed E-state index contributed by atoms with van der Waals surface area (Å²) >= 11 is 7.55. The minimum atomic E-state index is -0.0768. The van der Waals surface area contributed by atoms with Gasteiger partial charge in [-0.05, 0) is 42.3 Å². The predicted molar refractivity (Wildman–Crippen MR) is 104 cm³/mol. The van der Waals surface area contributed by atoms with Gasteiger partial charge in [-0.15, -0.1) is 11.3 Å². The summed E-state index contributed by atoms with van der Waals surface area (Å²) in [5.74, 6) is -0.0768. The van der Waals surface area contributed by atoms with Crippen LogP contribution in [0.5, 0.6) is 0 Å². The molecule has 0 atom stereocenters. The summed E-state index contributed by atoms with van der Waals surface area (Å²) < 4.78 is 1.99. The standard InChI is InChI=1S/C19H18ClN3OS/c20-16-4-2-15(3-5-16)18-8-6-17(25-18)7-9-19(24)22-10-1-12-23-13-11-21-14-23/h2-9,11,13-14H,1,10,12H2,(H,22,24). The van der Waals surface area contributed by atoms with Crippen molar-refractivity contribution >= 4 is 34.9 Å². The minimum absolute atomic E-state index is 0.0768. The second kappa shape index (κ2) is 8.65. The van der Waals surface area contributed by atoms with Crippen molar-refractivity contribution in [3.05, 3.63) is 71.1 Å². The van der Waals surface area contributed by atoms with Gasteiger partial charge in [-0.25, -0.2) is 4.98 Å². The maximum absolute atomic E-state index is 11.9. The minimum Gasteiger partial charge on any atom is -0.352 e. The van der Waals surface area contributed by atoms with E-state index in [1.165, 1.54) is 0 Å². The predicted octanol–water partition coefficient (Wildman–Crippen LogP) is 4.48. The van der Waals surface area contributed by atoms with Crippen LogP contribution in [0.1, 0.15) is 11.3 Å². The molecule has 2 aromatic heterocycles. The number of thiophene rings is 1. The van der Waals surface area contributed by atoms with Gasteiger partial charge < -0.3 is 9.88 Å². The van der Waals surface area contributed by atoms with E-state index in [1.807, 2.05) is 47.2 Å². The zero-order valence-electron chi connectivity index (χ0n) is 13.6. The normalized spacial score (nSPS) is 11.1. The fraction of sp³-hybridized carbons (Fsp3) is 0.158. The van der Waals surface area contributed by atoms with Gasteiger partial charge in [-0.2, -0.15) is 0 Å². The number of carbonyl (C=O) groups is 1. The molecule has 3 rings (SSSR count). The maximum atomic E-state index is 11.9. The summed E-state index contributed by atoms with van der Waals surface area (Å²) in [4.78, 5) is 18.0. The summed E-state index contributed by atoms with van der Waals surface area (Å²) in [5.41, 5.74) is 1.12. The molecule has 1 amide bonds. The van der Waals surface area contributed by atoms with Gasteiger partial charge >= 0.3 is 0 Å². The molecule has 0 saturated heterocycles. The topological polar surface area (TPSA) is 46.9 Å². The Morgan fingerprint density at radius 2 is 2.08 bits per heavy atom. The number of hydrogen-bond acceptors (Lipinski definition) is 3. The number of amides is 1. The number of benzene rings is 1. The van der Waals surface area contributed by atoms with Crippen LogP contribution in [-0.2, 0) is 11.3 Å². The number of hydrogen-bond donors (Lipinski definition) is 1. The summed E-state index contributed by atoms with van der Waals surface area (Å²) in [7, 11) is 0. The molecule has 0 aliphatic carbocycles. The first-order valence-corrected chi connectivity index (χ1v) is 9.17. The number of aryl methyl sites for hydroxylation is 1. The molecule has 0 radical (unpaired) electrons. The van der Waals surface area contributed by atoms with Crippen molar-refractivity contribution in [2.45, 2.75) is 13.0 Å². The third-order valence-corrected chi connectivity index (χ3v) is 4.96. The SMILES string of the molecule is O=C(C=Cc1ccc(-c2ccc(Cl)cc2)s1)NCCCn1ccnc1. The lowest BCUT2D eigenvalue weighted by atomic mass is 10.2. The Kier molecular flexibility index (Phi) is 6.04. The second-order valence-corrected chi connectivity index (χ2v) is 7.04. The highest BCUT2D eigenvalue weighted by Crippen LogP contribution is 2.29. The molecule has 0 aliphatic heterocycles. The number of nitrogens with zero attached hydrogens (tertiary/aromatic N) is 2. The first-order chi connectivity index (χ1) is 12.2. The lowest BCUT2D eigenvalue weighted by Crippen LogP contribution is -2.22. The van der Waals surface area contributed by atoms with Crippen molar-refractivity contribution in [3.8, 4) is 10.4 Å². The smallest absolute Gasteiger partial charge is 0.244 e. The Bertz CT molecular complexity index is 838. The molecular weight excluding hydrogens is 354 g/mol. The van der Waals surface area contributed by atoms with E-state index in [0.717, 1.165) is 33.3 Å². The van der Waals surface area contributed by atoms with Crippen molar-refractivity contribution in [2.75, 3.05) is 6.54 Å². The summed E-state index contributed by atoms with van der Waals surface area (Å²) in [5, 5.41) is 3.62. The van der Waals surface area contributed by atoms with E-state index < -0.39 is 0 Å². The molecule has 1 aromatic carbocycles. The summed E-state index contributed by atoms with van der Waals surface area (Å²) in [6.45, 7) is 1.49. The number of imidazole rings is 1. The van der Waals surface area contributed by atoms with Gasteiger partial charge in [0.25, 0.3) is 0 Å². The van der Waals surface area contributed by atoms with Crippen LogP contribution in [0.4, 0.5) is 0 Å². The van der Waals surface area contributed by atoms with Crippen LogP contribution in [-0.4, -0.2) is 22.0 Å². The molecule has 0 aliphatic rings. The van der Waals surface area contributed by atoms with Gasteiger partial charge in [0.2, 0.25) is 5.91 Å². The molecule has 2 heterocycles. The lowest BCUT2D eigenvalue weighted by molar-refractivity contribution is -0.116. The van der Waals surface area contributed by atoms with E-state index in [1.54, 1.807) is 29.9 Å². The highest BCUT2D eigenvalue weighted by molar-refractivity contribution is 7.16. The number of carbonyl (C=O) groups excluding carboxylic acids is 1. The number of nitrogens with one attached hydrogen (secondary N) is 1. The molecule has 0 saturated carbocycles. The Balaban J connectivity index is 1.46. The van der Waals surface area contributed by atoms with Crippen molar-refractivity contribution in [1.29, 1.82) is 0 Å². The molecule has 0 unspecified atom stereocenters. The molecule has 4 nitrogen and oxygen atoms in total. The van der Waals surface area contributed by atoms with Gasteiger partial charge in [0.15, 0.2) is 0 Å². The second-order valence-electron chi connectivity index (χ2n) is 5.49. The average molecular weight is 372 g/mol. The molecule has 25 heavy (non-hydrogen) atoms. The van der Waals surface area contributed by atoms with Crippen LogP contribution in [0, 0.1) is 0 Å². The van der Waals surface area contributed by atoms with Crippen LogP contribution in [0.3, 0.4) is 0 Å². The Morgan fingerprint density at radius 3 is 2.84 bits per heavy atom. The molecule has 0 bridgehead atoms. The molecule has 3 aromatic rings. The van der Waals surface area contributed by atoms with Crippen LogP contribution < -0.4 is 5.32 Å². The van der Waals surface area contributed by atoms with Gasteiger partial charge in [-0.3, -0.25) is 4.79 Å². The fourth-order valence-corrected chi connectivity index (χ4v) is 3.36. The lowest BCUT2D eigenvalue weighted by Gasteiger charge is -2.02. The van der Waals surface area contributed by atoms with Gasteiger partial charge in [0.05, 0.1) is 6.33 Å². The first kappa shape index (κ1) is 17.5. The van der Waals surface area contributed by atoms with E-state index in [0.29, 0.717) is 6.54 Å². The largest absolute Gasteiger partial charge is 0.352 e. The molecule has 0 spiro atoms. The van der Waals surface area contributed by atoms with Crippen molar-refractivity contribution in [2.24, 2.45) is 0 Å². The summed E-state index contributed by atoms with van der Waals surface area (Å²) in [6.07, 6.45) is 9.73. The maximum Gasteiger partial charge on any atom is 0.244 e. The van der Waals surface area contributed by atoms with Crippen LogP contribution in [0.2, 0.25) is 5.02 Å². The van der Waals surface area contributed by atoms with E-state index in [4.69, 9.17) is 11.6 Å². The van der Waals surface area contributed by atoms with Crippen molar-refractivity contribution in [1.82, 2.24) is 14.9 Å². The Hall–Kier alpha value is -2.37. The highest BCUT2D eigenvalue weighted by atomic mass is 35.5. The van der Waals surface area contributed by atoms with E-state index in [2.05, 4.69) is 16.4 Å².